The van der Waals surface area contributed by atoms with Crippen molar-refractivity contribution in [1.29, 1.82) is 0 Å². The Kier molecular flexibility index (Phi) is 5.42. The highest BCUT2D eigenvalue weighted by Gasteiger charge is 2.13. The van der Waals surface area contributed by atoms with E-state index < -0.39 is 0 Å². The molecule has 2 N–H and O–H groups in total. The maximum absolute atomic E-state index is 10.9. The summed E-state index contributed by atoms with van der Waals surface area (Å²) in [6.07, 6.45) is 1.74. The molecule has 0 atom stereocenters. The third-order valence-corrected chi connectivity index (χ3v) is 2.59. The zero-order chi connectivity index (χ0) is 12.7. The fourth-order valence-electron chi connectivity index (χ4n) is 1.59. The van der Waals surface area contributed by atoms with E-state index in [0.717, 1.165) is 31.5 Å². The van der Waals surface area contributed by atoms with Gasteiger partial charge in [-0.3, -0.25) is 10.1 Å². The Balaban J connectivity index is 2.73. The van der Waals surface area contributed by atoms with Crippen LogP contribution in [0.4, 0.5) is 11.4 Å². The van der Waals surface area contributed by atoms with Gasteiger partial charge in [-0.05, 0) is 38.1 Å². The molecular formula is C12H19N3O2. The Morgan fingerprint density at radius 1 is 1.35 bits per heavy atom. The lowest BCUT2D eigenvalue weighted by atomic mass is 10.1. The van der Waals surface area contributed by atoms with E-state index in [4.69, 9.17) is 0 Å². The molecule has 0 amide bonds. The van der Waals surface area contributed by atoms with Crippen molar-refractivity contribution in [2.24, 2.45) is 0 Å². The van der Waals surface area contributed by atoms with Crippen LogP contribution in [-0.2, 0) is 6.42 Å². The van der Waals surface area contributed by atoms with Gasteiger partial charge in [-0.15, -0.1) is 0 Å². The summed E-state index contributed by atoms with van der Waals surface area (Å²) in [5.41, 5.74) is 1.74. The van der Waals surface area contributed by atoms with E-state index in [-0.39, 0.29) is 10.6 Å². The standard InChI is InChI=1S/C12H19N3O2/c1-3-10-5-6-11(12(9-10)15(16)17)14-8-4-7-13-2/h5-6,9,13-14H,3-4,7-8H2,1-2H3. The first-order chi connectivity index (χ1) is 8.19. The van der Waals surface area contributed by atoms with Crippen LogP contribution in [0.5, 0.6) is 0 Å². The van der Waals surface area contributed by atoms with E-state index in [1.54, 1.807) is 12.1 Å². The summed E-state index contributed by atoms with van der Waals surface area (Å²) in [5, 5.41) is 17.1. The van der Waals surface area contributed by atoms with Gasteiger partial charge in [0, 0.05) is 12.6 Å². The van der Waals surface area contributed by atoms with Gasteiger partial charge < -0.3 is 10.6 Å². The highest BCUT2D eigenvalue weighted by molar-refractivity contribution is 5.62. The molecule has 0 radical (unpaired) electrons. The Morgan fingerprint density at radius 2 is 2.12 bits per heavy atom. The maximum atomic E-state index is 10.9. The van der Waals surface area contributed by atoms with Crippen LogP contribution in [0.1, 0.15) is 18.9 Å². The summed E-state index contributed by atoms with van der Waals surface area (Å²) in [4.78, 5) is 10.6. The second-order valence-corrected chi connectivity index (χ2v) is 3.85. The summed E-state index contributed by atoms with van der Waals surface area (Å²) in [6, 6.07) is 5.35. The smallest absolute Gasteiger partial charge is 0.292 e. The molecule has 0 unspecified atom stereocenters. The van der Waals surface area contributed by atoms with Crippen LogP contribution in [0.25, 0.3) is 0 Å². The van der Waals surface area contributed by atoms with Gasteiger partial charge in [0.15, 0.2) is 0 Å². The fourth-order valence-corrected chi connectivity index (χ4v) is 1.59. The van der Waals surface area contributed by atoms with Crippen molar-refractivity contribution in [1.82, 2.24) is 5.32 Å². The molecule has 0 spiro atoms. The molecule has 0 saturated heterocycles. The van der Waals surface area contributed by atoms with Crippen molar-refractivity contribution < 1.29 is 4.92 Å². The predicted octanol–water partition coefficient (Wildman–Crippen LogP) is 2.18. The average molecular weight is 237 g/mol. The molecule has 1 aromatic carbocycles. The first-order valence-electron chi connectivity index (χ1n) is 5.84. The molecule has 0 saturated carbocycles. The molecule has 0 aromatic heterocycles. The lowest BCUT2D eigenvalue weighted by Gasteiger charge is -2.08. The molecule has 5 heteroatoms. The summed E-state index contributed by atoms with van der Waals surface area (Å²) in [6.45, 7) is 3.61. The van der Waals surface area contributed by atoms with Gasteiger partial charge in [-0.25, -0.2) is 0 Å². The van der Waals surface area contributed by atoms with Crippen LogP contribution >= 0.6 is 0 Å². The van der Waals surface area contributed by atoms with Gasteiger partial charge in [0.1, 0.15) is 5.69 Å². The molecule has 5 nitrogen and oxygen atoms in total. The Labute approximate surface area is 101 Å². The Morgan fingerprint density at radius 3 is 2.71 bits per heavy atom. The number of rotatable bonds is 7. The van der Waals surface area contributed by atoms with E-state index in [1.165, 1.54) is 0 Å². The predicted molar refractivity (Wildman–Crippen MR) is 69.5 cm³/mol. The molecule has 0 aliphatic rings. The number of hydrogen-bond acceptors (Lipinski definition) is 4. The van der Waals surface area contributed by atoms with Crippen molar-refractivity contribution in [3.05, 3.63) is 33.9 Å². The molecular weight excluding hydrogens is 218 g/mol. The quantitative estimate of drug-likeness (QED) is 0.433. The molecule has 0 fully saturated rings. The zero-order valence-electron chi connectivity index (χ0n) is 10.3. The SMILES string of the molecule is CCc1ccc(NCCCNC)c([N+](=O)[O-])c1. The highest BCUT2D eigenvalue weighted by Crippen LogP contribution is 2.25. The average Bonchev–Trinajstić information content (AvgIpc) is 2.34. The summed E-state index contributed by atoms with van der Waals surface area (Å²) < 4.78 is 0. The number of aryl methyl sites for hydroxylation is 1. The Hall–Kier alpha value is -1.62. The fraction of sp³-hybridized carbons (Fsp3) is 0.500. The largest absolute Gasteiger partial charge is 0.379 e. The van der Waals surface area contributed by atoms with Crippen LogP contribution in [0.3, 0.4) is 0 Å². The monoisotopic (exact) mass is 237 g/mol. The van der Waals surface area contributed by atoms with Crippen LogP contribution in [0.2, 0.25) is 0 Å². The van der Waals surface area contributed by atoms with Crippen molar-refractivity contribution in [2.45, 2.75) is 19.8 Å². The van der Waals surface area contributed by atoms with Crippen LogP contribution in [0.15, 0.2) is 18.2 Å². The molecule has 1 aromatic rings. The molecule has 0 heterocycles. The number of nitrogens with zero attached hydrogens (tertiary/aromatic N) is 1. The highest BCUT2D eigenvalue weighted by atomic mass is 16.6. The van der Waals surface area contributed by atoms with E-state index in [0.29, 0.717) is 5.69 Å². The Bertz CT molecular complexity index is 380. The molecule has 0 aliphatic carbocycles. The van der Waals surface area contributed by atoms with Gasteiger partial charge in [0.05, 0.1) is 4.92 Å². The van der Waals surface area contributed by atoms with E-state index in [9.17, 15) is 10.1 Å². The maximum Gasteiger partial charge on any atom is 0.292 e. The second kappa shape index (κ2) is 6.85. The molecule has 1 rings (SSSR count). The third kappa shape index (κ3) is 4.03. The second-order valence-electron chi connectivity index (χ2n) is 3.85. The van der Waals surface area contributed by atoms with Gasteiger partial charge in [0.2, 0.25) is 0 Å². The van der Waals surface area contributed by atoms with Crippen molar-refractivity contribution in [3.63, 3.8) is 0 Å². The van der Waals surface area contributed by atoms with Crippen molar-refractivity contribution >= 4 is 11.4 Å². The molecule has 0 bridgehead atoms. The normalized spacial score (nSPS) is 10.2. The minimum absolute atomic E-state index is 0.161. The van der Waals surface area contributed by atoms with Crippen LogP contribution in [0, 0.1) is 10.1 Å². The van der Waals surface area contributed by atoms with E-state index in [2.05, 4.69) is 10.6 Å². The van der Waals surface area contributed by atoms with Gasteiger partial charge in [-0.1, -0.05) is 13.0 Å². The first-order valence-corrected chi connectivity index (χ1v) is 5.84. The number of benzene rings is 1. The zero-order valence-corrected chi connectivity index (χ0v) is 10.3. The summed E-state index contributed by atoms with van der Waals surface area (Å²) in [5.74, 6) is 0. The van der Waals surface area contributed by atoms with Crippen molar-refractivity contribution in [3.8, 4) is 0 Å². The van der Waals surface area contributed by atoms with Crippen LogP contribution < -0.4 is 10.6 Å². The lowest BCUT2D eigenvalue weighted by molar-refractivity contribution is -0.384. The minimum Gasteiger partial charge on any atom is -0.379 e. The van der Waals surface area contributed by atoms with Gasteiger partial charge >= 0.3 is 0 Å². The third-order valence-electron chi connectivity index (χ3n) is 2.59. The number of anilines is 1. The number of nitro benzene ring substituents is 1. The van der Waals surface area contributed by atoms with Gasteiger partial charge in [-0.2, -0.15) is 0 Å². The van der Waals surface area contributed by atoms with E-state index >= 15 is 0 Å². The lowest BCUT2D eigenvalue weighted by Crippen LogP contribution is -2.13. The number of hydrogen-bond donors (Lipinski definition) is 2. The molecule has 17 heavy (non-hydrogen) atoms. The molecule has 0 aliphatic heterocycles. The summed E-state index contributed by atoms with van der Waals surface area (Å²) >= 11 is 0. The first kappa shape index (κ1) is 13.4. The molecule has 94 valence electrons. The van der Waals surface area contributed by atoms with Gasteiger partial charge in [0.25, 0.3) is 5.69 Å². The number of nitrogens with one attached hydrogen (secondary N) is 2. The summed E-state index contributed by atoms with van der Waals surface area (Å²) in [7, 11) is 1.89. The van der Waals surface area contributed by atoms with Crippen LogP contribution in [-0.4, -0.2) is 25.1 Å². The minimum atomic E-state index is -0.334. The van der Waals surface area contributed by atoms with Crippen molar-refractivity contribution in [2.75, 3.05) is 25.5 Å². The number of nitro groups is 1. The topological polar surface area (TPSA) is 67.2 Å². The van der Waals surface area contributed by atoms with E-state index in [1.807, 2.05) is 20.0 Å².